The van der Waals surface area contributed by atoms with Crippen LogP contribution in [0, 0.1) is 0 Å². The lowest BCUT2D eigenvalue weighted by atomic mass is 10.1. The fourth-order valence-corrected chi connectivity index (χ4v) is 2.93. The van der Waals surface area contributed by atoms with Crippen molar-refractivity contribution < 1.29 is 19.1 Å². The molecule has 2 aromatic carbocycles. The van der Waals surface area contributed by atoms with Crippen LogP contribution in [0.4, 0.5) is 0 Å². The van der Waals surface area contributed by atoms with E-state index < -0.39 is 5.97 Å². The van der Waals surface area contributed by atoms with Crippen LogP contribution < -0.4 is 10.1 Å². The summed E-state index contributed by atoms with van der Waals surface area (Å²) in [5.41, 5.74) is 2.26. The van der Waals surface area contributed by atoms with E-state index in [4.69, 9.17) is 9.47 Å². The van der Waals surface area contributed by atoms with Crippen molar-refractivity contribution >= 4 is 11.9 Å². The van der Waals surface area contributed by atoms with Crippen LogP contribution in [0.5, 0.6) is 5.75 Å². The summed E-state index contributed by atoms with van der Waals surface area (Å²) in [7, 11) is 1.58. The monoisotopic (exact) mass is 391 g/mol. The standard InChI is InChI=1S/C22H21N3O4/c1-28-18-9-5-6-15(12-18)21-19(13-25(24-21)17-7-3-2-4-8-17)22(27)29-14-20(26)23-16-10-11-16/h2-9,12-13,16H,10-11,14H2,1H3,(H,23,26). The summed E-state index contributed by atoms with van der Waals surface area (Å²) < 4.78 is 12.2. The van der Waals surface area contributed by atoms with Crippen LogP contribution >= 0.6 is 0 Å². The molecule has 0 spiro atoms. The lowest BCUT2D eigenvalue weighted by Crippen LogP contribution is -2.30. The molecule has 1 heterocycles. The molecule has 0 unspecified atom stereocenters. The van der Waals surface area contributed by atoms with E-state index in [0.29, 0.717) is 17.0 Å². The highest BCUT2D eigenvalue weighted by Gasteiger charge is 2.25. The second kappa shape index (κ2) is 8.18. The fourth-order valence-electron chi connectivity index (χ4n) is 2.93. The normalized spacial score (nSPS) is 13.0. The molecule has 7 nitrogen and oxygen atoms in total. The molecule has 1 amide bonds. The number of nitrogens with zero attached hydrogens (tertiary/aromatic N) is 2. The molecular formula is C22H21N3O4. The van der Waals surface area contributed by atoms with Crippen molar-refractivity contribution in [3.8, 4) is 22.7 Å². The molecule has 1 aromatic heterocycles. The minimum Gasteiger partial charge on any atom is -0.497 e. The van der Waals surface area contributed by atoms with E-state index in [-0.39, 0.29) is 24.1 Å². The molecule has 1 N–H and O–H groups in total. The van der Waals surface area contributed by atoms with Gasteiger partial charge in [-0.15, -0.1) is 0 Å². The highest BCUT2D eigenvalue weighted by Crippen LogP contribution is 2.27. The number of benzene rings is 2. The molecule has 7 heteroatoms. The Labute approximate surface area is 168 Å². The number of para-hydroxylation sites is 1. The number of aromatic nitrogens is 2. The van der Waals surface area contributed by atoms with Crippen LogP contribution in [0.3, 0.4) is 0 Å². The first-order chi connectivity index (χ1) is 14.1. The Bertz CT molecular complexity index is 1030. The van der Waals surface area contributed by atoms with Gasteiger partial charge in [0.2, 0.25) is 0 Å². The summed E-state index contributed by atoms with van der Waals surface area (Å²) in [6, 6.07) is 17.0. The molecule has 148 valence electrons. The first-order valence-corrected chi connectivity index (χ1v) is 9.40. The molecule has 4 rings (SSSR count). The third-order valence-electron chi connectivity index (χ3n) is 4.57. The Morgan fingerprint density at radius 2 is 1.93 bits per heavy atom. The predicted octanol–water partition coefficient (Wildman–Crippen LogP) is 2.98. The molecular weight excluding hydrogens is 370 g/mol. The van der Waals surface area contributed by atoms with Gasteiger partial charge in [-0.2, -0.15) is 5.10 Å². The number of amides is 1. The second-order valence-electron chi connectivity index (χ2n) is 6.82. The molecule has 0 bridgehead atoms. The van der Waals surface area contributed by atoms with E-state index in [1.807, 2.05) is 48.5 Å². The number of ether oxygens (including phenoxy) is 2. The van der Waals surface area contributed by atoms with Gasteiger partial charge in [0.15, 0.2) is 6.61 Å². The van der Waals surface area contributed by atoms with Crippen molar-refractivity contribution in [2.24, 2.45) is 0 Å². The van der Waals surface area contributed by atoms with E-state index in [1.165, 1.54) is 0 Å². The van der Waals surface area contributed by atoms with E-state index in [9.17, 15) is 9.59 Å². The van der Waals surface area contributed by atoms with Crippen LogP contribution in [0.1, 0.15) is 23.2 Å². The summed E-state index contributed by atoms with van der Waals surface area (Å²) in [6.45, 7) is -0.316. The van der Waals surface area contributed by atoms with Crippen molar-refractivity contribution in [3.05, 3.63) is 66.4 Å². The minimum absolute atomic E-state index is 0.217. The molecule has 1 saturated carbocycles. The zero-order valence-electron chi connectivity index (χ0n) is 16.0. The van der Waals surface area contributed by atoms with Gasteiger partial charge in [0.1, 0.15) is 17.0 Å². The lowest BCUT2D eigenvalue weighted by molar-refractivity contribution is -0.124. The van der Waals surface area contributed by atoms with Crippen molar-refractivity contribution in [2.75, 3.05) is 13.7 Å². The number of hydrogen-bond donors (Lipinski definition) is 1. The average Bonchev–Trinajstić information content (AvgIpc) is 3.46. The van der Waals surface area contributed by atoms with E-state index >= 15 is 0 Å². The first kappa shape index (κ1) is 18.7. The zero-order chi connectivity index (χ0) is 20.2. The summed E-state index contributed by atoms with van der Waals surface area (Å²) in [4.78, 5) is 24.6. The summed E-state index contributed by atoms with van der Waals surface area (Å²) >= 11 is 0. The van der Waals surface area contributed by atoms with E-state index in [1.54, 1.807) is 24.1 Å². The van der Waals surface area contributed by atoms with Gasteiger partial charge in [-0.25, -0.2) is 9.48 Å². The molecule has 3 aromatic rings. The molecule has 0 atom stereocenters. The van der Waals surface area contributed by atoms with Crippen LogP contribution in [0.25, 0.3) is 16.9 Å². The largest absolute Gasteiger partial charge is 0.497 e. The number of nitrogens with one attached hydrogen (secondary N) is 1. The third-order valence-corrected chi connectivity index (χ3v) is 4.57. The highest BCUT2D eigenvalue weighted by molar-refractivity contribution is 5.97. The van der Waals surface area contributed by atoms with Gasteiger partial charge in [-0.3, -0.25) is 4.79 Å². The van der Waals surface area contributed by atoms with Gasteiger partial charge >= 0.3 is 5.97 Å². The molecule has 0 aliphatic heterocycles. The Morgan fingerprint density at radius 1 is 1.14 bits per heavy atom. The van der Waals surface area contributed by atoms with E-state index in [2.05, 4.69) is 10.4 Å². The number of esters is 1. The SMILES string of the molecule is COc1cccc(-c2nn(-c3ccccc3)cc2C(=O)OCC(=O)NC2CC2)c1. The van der Waals surface area contributed by atoms with E-state index in [0.717, 1.165) is 18.5 Å². The highest BCUT2D eigenvalue weighted by atomic mass is 16.5. The summed E-state index contributed by atoms with van der Waals surface area (Å²) in [5.74, 6) is -0.241. The third kappa shape index (κ3) is 4.45. The van der Waals surface area contributed by atoms with Crippen molar-refractivity contribution in [2.45, 2.75) is 18.9 Å². The van der Waals surface area contributed by atoms with Gasteiger partial charge in [0, 0.05) is 17.8 Å². The second-order valence-corrected chi connectivity index (χ2v) is 6.82. The average molecular weight is 391 g/mol. The Hall–Kier alpha value is -3.61. The number of carbonyl (C=O) groups excluding carboxylic acids is 2. The molecule has 29 heavy (non-hydrogen) atoms. The molecule has 1 fully saturated rings. The zero-order valence-corrected chi connectivity index (χ0v) is 16.0. The summed E-state index contributed by atoms with van der Waals surface area (Å²) in [6.07, 6.45) is 3.57. The summed E-state index contributed by atoms with van der Waals surface area (Å²) in [5, 5.41) is 7.39. The van der Waals surface area contributed by atoms with Gasteiger partial charge in [0.25, 0.3) is 5.91 Å². The minimum atomic E-state index is -0.601. The van der Waals surface area contributed by atoms with Crippen LogP contribution in [0.2, 0.25) is 0 Å². The molecule has 1 aliphatic rings. The maximum atomic E-state index is 12.8. The Balaban J connectivity index is 1.63. The quantitative estimate of drug-likeness (QED) is 0.626. The van der Waals surface area contributed by atoms with Crippen molar-refractivity contribution in [3.63, 3.8) is 0 Å². The van der Waals surface area contributed by atoms with Gasteiger partial charge in [-0.1, -0.05) is 30.3 Å². The van der Waals surface area contributed by atoms with Crippen LogP contribution in [-0.4, -0.2) is 41.4 Å². The van der Waals surface area contributed by atoms with Crippen LogP contribution in [-0.2, 0) is 9.53 Å². The van der Waals surface area contributed by atoms with Gasteiger partial charge < -0.3 is 14.8 Å². The first-order valence-electron chi connectivity index (χ1n) is 9.40. The van der Waals surface area contributed by atoms with Crippen molar-refractivity contribution in [1.29, 1.82) is 0 Å². The molecule has 1 aliphatic carbocycles. The maximum absolute atomic E-state index is 12.8. The Morgan fingerprint density at radius 3 is 2.66 bits per heavy atom. The molecule has 0 radical (unpaired) electrons. The maximum Gasteiger partial charge on any atom is 0.342 e. The van der Waals surface area contributed by atoms with Gasteiger partial charge in [-0.05, 0) is 37.1 Å². The predicted molar refractivity (Wildman–Crippen MR) is 107 cm³/mol. The van der Waals surface area contributed by atoms with Crippen molar-refractivity contribution in [1.82, 2.24) is 15.1 Å². The lowest BCUT2D eigenvalue weighted by Gasteiger charge is -2.06. The van der Waals surface area contributed by atoms with Gasteiger partial charge in [0.05, 0.1) is 12.8 Å². The number of hydrogen-bond acceptors (Lipinski definition) is 5. The topological polar surface area (TPSA) is 82.5 Å². The number of carbonyl (C=O) groups is 2. The molecule has 0 saturated heterocycles. The van der Waals surface area contributed by atoms with Crippen LogP contribution in [0.15, 0.2) is 60.8 Å². The smallest absolute Gasteiger partial charge is 0.342 e. The number of rotatable bonds is 7. The number of methoxy groups -OCH3 is 1. The Kier molecular flexibility index (Phi) is 5.29. The fraction of sp³-hybridized carbons (Fsp3) is 0.227.